The number of urea groups is 1. The number of carbonyl (C=O) groups excluding carboxylic acids is 1. The van der Waals surface area contributed by atoms with Gasteiger partial charge in [0.2, 0.25) is 0 Å². The van der Waals surface area contributed by atoms with Gasteiger partial charge in [-0.3, -0.25) is 0 Å². The van der Waals surface area contributed by atoms with Crippen LogP contribution in [0.1, 0.15) is 48.5 Å². The Hall–Kier alpha value is -2.33. The van der Waals surface area contributed by atoms with Crippen molar-refractivity contribution in [1.29, 1.82) is 0 Å². The lowest BCUT2D eigenvalue weighted by Gasteiger charge is -2.30. The number of rotatable bonds is 3. The van der Waals surface area contributed by atoms with Crippen LogP contribution in [0.2, 0.25) is 0 Å². The van der Waals surface area contributed by atoms with Crippen molar-refractivity contribution in [2.24, 2.45) is 0 Å². The van der Waals surface area contributed by atoms with Crippen molar-refractivity contribution in [2.45, 2.75) is 50.7 Å². The first-order valence-corrected chi connectivity index (χ1v) is 9.64. The zero-order valence-corrected chi connectivity index (χ0v) is 15.0. The first kappa shape index (κ1) is 17.1. The summed E-state index contributed by atoms with van der Waals surface area (Å²) in [5.74, 6) is 0. The third-order valence-electron chi connectivity index (χ3n) is 5.43. The van der Waals surface area contributed by atoms with Crippen LogP contribution in [-0.4, -0.2) is 18.7 Å². The van der Waals surface area contributed by atoms with Gasteiger partial charge in [0.1, 0.15) is 0 Å². The minimum absolute atomic E-state index is 0.0553. The van der Waals surface area contributed by atoms with Gasteiger partial charge in [0.25, 0.3) is 0 Å². The number of benzene rings is 2. The van der Waals surface area contributed by atoms with Gasteiger partial charge in [-0.25, -0.2) is 4.79 Å². The molecule has 0 radical (unpaired) electrons. The lowest BCUT2D eigenvalue weighted by atomic mass is 9.90. The normalized spacial score (nSPS) is 22.3. The molecule has 1 fully saturated rings. The summed E-state index contributed by atoms with van der Waals surface area (Å²) >= 11 is 0. The maximum atomic E-state index is 12.5. The highest BCUT2D eigenvalue weighted by atomic mass is 16.5. The van der Waals surface area contributed by atoms with Gasteiger partial charge >= 0.3 is 6.03 Å². The van der Waals surface area contributed by atoms with E-state index in [2.05, 4.69) is 28.8 Å². The second kappa shape index (κ2) is 7.92. The van der Waals surface area contributed by atoms with Crippen LogP contribution < -0.4 is 10.6 Å². The molecule has 2 N–H and O–H groups in total. The molecule has 0 aromatic heterocycles. The molecule has 2 aromatic rings. The van der Waals surface area contributed by atoms with E-state index < -0.39 is 0 Å². The largest absolute Gasteiger partial charge is 0.373 e. The summed E-state index contributed by atoms with van der Waals surface area (Å²) in [4.78, 5) is 12.5. The van der Waals surface area contributed by atoms with Gasteiger partial charge in [-0.05, 0) is 61.3 Å². The molecule has 4 nitrogen and oxygen atoms in total. The third-order valence-corrected chi connectivity index (χ3v) is 5.43. The number of aryl methyl sites for hydroxylation is 1. The number of ether oxygens (including phenoxy) is 1. The lowest BCUT2D eigenvalue weighted by molar-refractivity contribution is 0.00254. The smallest absolute Gasteiger partial charge is 0.319 e. The number of fused-ring (bicyclic) bond motifs is 1. The first-order valence-electron chi connectivity index (χ1n) is 9.64. The van der Waals surface area contributed by atoms with E-state index in [4.69, 9.17) is 4.74 Å². The van der Waals surface area contributed by atoms with Crippen molar-refractivity contribution in [3.8, 4) is 0 Å². The molecule has 2 aliphatic rings. The molecule has 1 aliphatic heterocycles. The van der Waals surface area contributed by atoms with E-state index in [9.17, 15) is 4.79 Å². The highest BCUT2D eigenvalue weighted by Crippen LogP contribution is 2.29. The van der Waals surface area contributed by atoms with Gasteiger partial charge in [0, 0.05) is 18.3 Å². The molecule has 136 valence electrons. The highest BCUT2D eigenvalue weighted by Gasteiger charge is 2.25. The van der Waals surface area contributed by atoms with E-state index in [0.717, 1.165) is 31.4 Å². The Bertz CT molecular complexity index is 760. The molecule has 2 amide bonds. The summed E-state index contributed by atoms with van der Waals surface area (Å²) in [6.07, 6.45) is 6.33. The fourth-order valence-corrected chi connectivity index (χ4v) is 4.07. The summed E-state index contributed by atoms with van der Waals surface area (Å²) < 4.78 is 5.90. The molecule has 1 saturated heterocycles. The van der Waals surface area contributed by atoms with Crippen LogP contribution >= 0.6 is 0 Å². The van der Waals surface area contributed by atoms with E-state index in [1.54, 1.807) is 0 Å². The first-order chi connectivity index (χ1) is 12.8. The fraction of sp³-hybridized carbons (Fsp3) is 0.409. The van der Waals surface area contributed by atoms with Crippen LogP contribution in [0.4, 0.5) is 10.5 Å². The molecule has 0 spiro atoms. The van der Waals surface area contributed by atoms with Gasteiger partial charge in [0.05, 0.1) is 6.10 Å². The van der Waals surface area contributed by atoms with Crippen LogP contribution in [0.25, 0.3) is 0 Å². The molecule has 1 heterocycles. The van der Waals surface area contributed by atoms with Crippen molar-refractivity contribution >= 4 is 11.7 Å². The van der Waals surface area contributed by atoms with Crippen LogP contribution in [0.3, 0.4) is 0 Å². The molecule has 2 aromatic carbocycles. The zero-order chi connectivity index (χ0) is 17.8. The van der Waals surface area contributed by atoms with Crippen molar-refractivity contribution in [3.05, 3.63) is 65.2 Å². The standard InChI is InChI=1S/C22H26N2O2/c25-22(24-20-12-6-10-16-7-4-5-11-19(16)20)23-18-13-14-26-21(15-18)17-8-2-1-3-9-17/h1-3,6,8-10,12,18,21H,4-5,7,11,13-15H2,(H2,23,24,25). The second-order valence-corrected chi connectivity index (χ2v) is 7.24. The van der Waals surface area contributed by atoms with E-state index in [0.29, 0.717) is 6.61 Å². The van der Waals surface area contributed by atoms with Crippen molar-refractivity contribution in [2.75, 3.05) is 11.9 Å². The van der Waals surface area contributed by atoms with E-state index in [1.165, 1.54) is 29.5 Å². The number of hydrogen-bond donors (Lipinski definition) is 2. The fourth-order valence-electron chi connectivity index (χ4n) is 4.07. The molecule has 4 heteroatoms. The topological polar surface area (TPSA) is 50.4 Å². The van der Waals surface area contributed by atoms with Crippen molar-refractivity contribution in [3.63, 3.8) is 0 Å². The van der Waals surface area contributed by atoms with E-state index in [1.807, 2.05) is 30.3 Å². The van der Waals surface area contributed by atoms with E-state index >= 15 is 0 Å². The monoisotopic (exact) mass is 350 g/mol. The SMILES string of the molecule is O=C(Nc1cccc2c1CCCC2)NC1CCOC(c2ccccc2)C1. The van der Waals surface area contributed by atoms with E-state index in [-0.39, 0.29) is 18.2 Å². The molecule has 0 saturated carbocycles. The number of carbonyl (C=O) groups is 1. The zero-order valence-electron chi connectivity index (χ0n) is 15.0. The quantitative estimate of drug-likeness (QED) is 0.849. The molecule has 2 unspecified atom stereocenters. The maximum absolute atomic E-state index is 12.5. The van der Waals surface area contributed by atoms with Crippen LogP contribution in [0, 0.1) is 0 Å². The van der Waals surface area contributed by atoms with Gasteiger partial charge in [-0.15, -0.1) is 0 Å². The Balaban J connectivity index is 1.38. The van der Waals surface area contributed by atoms with Crippen molar-refractivity contribution < 1.29 is 9.53 Å². The summed E-state index contributed by atoms with van der Waals surface area (Å²) in [6.45, 7) is 0.672. The summed E-state index contributed by atoms with van der Waals surface area (Å²) in [5, 5.41) is 6.22. The molecule has 1 aliphatic carbocycles. The number of nitrogens with one attached hydrogen (secondary N) is 2. The van der Waals surface area contributed by atoms with Crippen LogP contribution in [0.5, 0.6) is 0 Å². The number of hydrogen-bond acceptors (Lipinski definition) is 2. The van der Waals surface area contributed by atoms with Gasteiger partial charge < -0.3 is 15.4 Å². The van der Waals surface area contributed by atoms with Gasteiger partial charge in [0.15, 0.2) is 0 Å². The molecular weight excluding hydrogens is 324 g/mol. The predicted molar refractivity (Wildman–Crippen MR) is 103 cm³/mol. The Morgan fingerprint density at radius 3 is 2.73 bits per heavy atom. The minimum Gasteiger partial charge on any atom is -0.373 e. The second-order valence-electron chi connectivity index (χ2n) is 7.24. The highest BCUT2D eigenvalue weighted by molar-refractivity contribution is 5.90. The number of anilines is 1. The van der Waals surface area contributed by atoms with Crippen LogP contribution in [-0.2, 0) is 17.6 Å². The lowest BCUT2D eigenvalue weighted by Crippen LogP contribution is -2.42. The molecular formula is C22H26N2O2. The molecule has 0 bridgehead atoms. The average molecular weight is 350 g/mol. The van der Waals surface area contributed by atoms with Crippen LogP contribution in [0.15, 0.2) is 48.5 Å². The number of amides is 2. The Morgan fingerprint density at radius 2 is 1.85 bits per heavy atom. The average Bonchev–Trinajstić information content (AvgIpc) is 2.69. The minimum atomic E-state index is -0.109. The molecule has 2 atom stereocenters. The Morgan fingerprint density at radius 1 is 1.00 bits per heavy atom. The predicted octanol–water partition coefficient (Wildman–Crippen LogP) is 4.61. The van der Waals surface area contributed by atoms with Gasteiger partial charge in [-0.1, -0.05) is 42.5 Å². The maximum Gasteiger partial charge on any atom is 0.319 e. The summed E-state index contributed by atoms with van der Waals surface area (Å²) in [5.41, 5.74) is 4.83. The summed E-state index contributed by atoms with van der Waals surface area (Å²) in [6, 6.07) is 16.5. The molecule has 26 heavy (non-hydrogen) atoms. The third kappa shape index (κ3) is 3.91. The van der Waals surface area contributed by atoms with Crippen molar-refractivity contribution in [1.82, 2.24) is 5.32 Å². The van der Waals surface area contributed by atoms with Gasteiger partial charge in [-0.2, -0.15) is 0 Å². The summed E-state index contributed by atoms with van der Waals surface area (Å²) in [7, 11) is 0. The molecule has 4 rings (SSSR count). The Labute approximate surface area is 155 Å². The Kier molecular flexibility index (Phi) is 5.21.